The Labute approximate surface area is 109 Å². The smallest absolute Gasteiger partial charge is 0.328 e. The fourth-order valence-electron chi connectivity index (χ4n) is 1.71. The largest absolute Gasteiger partial charge is 0.478 e. The Bertz CT molecular complexity index is 424. The van der Waals surface area contributed by atoms with Crippen LogP contribution in [0.2, 0.25) is 0 Å². The van der Waals surface area contributed by atoms with Gasteiger partial charge in [-0.3, -0.25) is 0 Å². The number of nitrogens with zero attached hydrogens (tertiary/aromatic N) is 1. The highest BCUT2D eigenvalue weighted by Gasteiger charge is 2.05. The van der Waals surface area contributed by atoms with Gasteiger partial charge in [0.25, 0.3) is 0 Å². The van der Waals surface area contributed by atoms with Crippen molar-refractivity contribution in [3.05, 3.63) is 35.9 Å². The molecule has 1 aromatic rings. The fourth-order valence-corrected chi connectivity index (χ4v) is 1.71. The van der Waals surface area contributed by atoms with Crippen LogP contribution in [0, 0.1) is 5.92 Å². The molecule has 0 fully saturated rings. The highest BCUT2D eigenvalue weighted by atomic mass is 16.4. The summed E-state index contributed by atoms with van der Waals surface area (Å²) >= 11 is 0. The number of benzene rings is 1. The van der Waals surface area contributed by atoms with Crippen LogP contribution in [0.3, 0.4) is 0 Å². The molecule has 3 nitrogen and oxygen atoms in total. The predicted molar refractivity (Wildman–Crippen MR) is 75.8 cm³/mol. The lowest BCUT2D eigenvalue weighted by atomic mass is 10.1. The third kappa shape index (κ3) is 4.62. The van der Waals surface area contributed by atoms with Crippen LogP contribution in [0.15, 0.2) is 30.3 Å². The SMILES string of the molecule is CC(C)CCN(C)c1ccccc1/C=C/C(=O)O. The molecule has 0 atom stereocenters. The zero-order valence-electron chi connectivity index (χ0n) is 11.3. The van der Waals surface area contributed by atoms with Crippen molar-refractivity contribution in [2.45, 2.75) is 20.3 Å². The Kier molecular flexibility index (Phi) is 5.43. The summed E-state index contributed by atoms with van der Waals surface area (Å²) in [6, 6.07) is 7.84. The molecule has 1 aromatic carbocycles. The van der Waals surface area contributed by atoms with Crippen LogP contribution >= 0.6 is 0 Å². The van der Waals surface area contributed by atoms with E-state index in [0.717, 1.165) is 24.2 Å². The molecule has 0 radical (unpaired) electrons. The monoisotopic (exact) mass is 247 g/mol. The van der Waals surface area contributed by atoms with E-state index < -0.39 is 5.97 Å². The van der Waals surface area contributed by atoms with Gasteiger partial charge in [0.2, 0.25) is 0 Å². The molecule has 1 rings (SSSR count). The van der Waals surface area contributed by atoms with Crippen molar-refractivity contribution in [2.24, 2.45) is 5.92 Å². The second kappa shape index (κ2) is 6.84. The number of hydrogen-bond donors (Lipinski definition) is 1. The third-order valence-electron chi connectivity index (χ3n) is 2.80. The summed E-state index contributed by atoms with van der Waals surface area (Å²) in [6.07, 6.45) is 3.94. The number of carboxylic acids is 1. The molecule has 0 heterocycles. The fraction of sp³-hybridized carbons (Fsp3) is 0.400. The van der Waals surface area contributed by atoms with Gasteiger partial charge in [0.15, 0.2) is 0 Å². The zero-order chi connectivity index (χ0) is 13.5. The minimum absolute atomic E-state index is 0.661. The van der Waals surface area contributed by atoms with E-state index in [-0.39, 0.29) is 0 Å². The van der Waals surface area contributed by atoms with Crippen molar-refractivity contribution in [2.75, 3.05) is 18.5 Å². The number of rotatable bonds is 6. The predicted octanol–water partition coefficient (Wildman–Crippen LogP) is 3.27. The molecule has 1 N–H and O–H groups in total. The normalized spacial score (nSPS) is 11.1. The van der Waals surface area contributed by atoms with Crippen LogP contribution in [0.5, 0.6) is 0 Å². The molecule has 0 bridgehead atoms. The van der Waals surface area contributed by atoms with Crippen molar-refractivity contribution in [3.8, 4) is 0 Å². The Balaban J connectivity index is 2.84. The van der Waals surface area contributed by atoms with Crippen molar-refractivity contribution < 1.29 is 9.90 Å². The van der Waals surface area contributed by atoms with E-state index in [0.29, 0.717) is 5.92 Å². The van der Waals surface area contributed by atoms with Gasteiger partial charge in [0.1, 0.15) is 0 Å². The molecular weight excluding hydrogens is 226 g/mol. The maximum absolute atomic E-state index is 10.6. The second-order valence-corrected chi connectivity index (χ2v) is 4.83. The quantitative estimate of drug-likeness (QED) is 0.784. The van der Waals surface area contributed by atoms with Crippen molar-refractivity contribution in [1.82, 2.24) is 0 Å². The van der Waals surface area contributed by atoms with E-state index in [9.17, 15) is 4.79 Å². The van der Waals surface area contributed by atoms with Gasteiger partial charge in [-0.2, -0.15) is 0 Å². The van der Waals surface area contributed by atoms with Gasteiger partial charge in [-0.25, -0.2) is 4.79 Å². The second-order valence-electron chi connectivity index (χ2n) is 4.83. The first-order valence-electron chi connectivity index (χ1n) is 6.22. The van der Waals surface area contributed by atoms with Crippen LogP contribution < -0.4 is 4.90 Å². The van der Waals surface area contributed by atoms with Crippen LogP contribution in [-0.4, -0.2) is 24.7 Å². The molecule has 0 amide bonds. The molecule has 0 aliphatic carbocycles. The summed E-state index contributed by atoms with van der Waals surface area (Å²) in [5, 5.41) is 8.68. The molecule has 0 unspecified atom stereocenters. The first-order chi connectivity index (χ1) is 8.50. The summed E-state index contributed by atoms with van der Waals surface area (Å²) in [5.74, 6) is -0.260. The maximum atomic E-state index is 10.6. The lowest BCUT2D eigenvalue weighted by Crippen LogP contribution is -2.20. The molecule has 0 saturated heterocycles. The molecule has 98 valence electrons. The topological polar surface area (TPSA) is 40.5 Å². The Morgan fingerprint density at radius 1 is 1.39 bits per heavy atom. The van der Waals surface area contributed by atoms with Gasteiger partial charge in [0.05, 0.1) is 0 Å². The van der Waals surface area contributed by atoms with Gasteiger partial charge in [0, 0.05) is 25.4 Å². The van der Waals surface area contributed by atoms with Crippen LogP contribution in [0.25, 0.3) is 6.08 Å². The summed E-state index contributed by atoms with van der Waals surface area (Å²) in [7, 11) is 2.04. The molecule has 0 aromatic heterocycles. The van der Waals surface area contributed by atoms with E-state index in [1.807, 2.05) is 31.3 Å². The number of anilines is 1. The average Bonchev–Trinajstić information content (AvgIpc) is 2.33. The number of aliphatic carboxylic acids is 1. The molecule has 0 aliphatic rings. The number of carbonyl (C=O) groups is 1. The Morgan fingerprint density at radius 2 is 2.06 bits per heavy atom. The molecular formula is C15H21NO2. The molecule has 18 heavy (non-hydrogen) atoms. The summed E-state index contributed by atoms with van der Waals surface area (Å²) in [4.78, 5) is 12.7. The summed E-state index contributed by atoms with van der Waals surface area (Å²) < 4.78 is 0. The molecule has 0 spiro atoms. The molecule has 0 aliphatic heterocycles. The van der Waals surface area contributed by atoms with Crippen molar-refractivity contribution >= 4 is 17.7 Å². The van der Waals surface area contributed by atoms with Crippen LogP contribution in [0.1, 0.15) is 25.8 Å². The van der Waals surface area contributed by atoms with Gasteiger partial charge in [-0.05, 0) is 30.0 Å². The van der Waals surface area contributed by atoms with Gasteiger partial charge in [-0.1, -0.05) is 32.0 Å². The minimum atomic E-state index is -0.922. The summed E-state index contributed by atoms with van der Waals surface area (Å²) in [5.41, 5.74) is 2.00. The third-order valence-corrected chi connectivity index (χ3v) is 2.80. The van der Waals surface area contributed by atoms with E-state index >= 15 is 0 Å². The number of carboxylic acid groups (broad SMARTS) is 1. The van der Waals surface area contributed by atoms with Crippen LogP contribution in [-0.2, 0) is 4.79 Å². The lowest BCUT2D eigenvalue weighted by molar-refractivity contribution is -0.131. The first kappa shape index (κ1) is 14.3. The standard InChI is InChI=1S/C15H21NO2/c1-12(2)10-11-16(3)14-7-5-4-6-13(14)8-9-15(17)18/h4-9,12H,10-11H2,1-3H3,(H,17,18)/b9-8+. The highest BCUT2D eigenvalue weighted by molar-refractivity contribution is 5.86. The highest BCUT2D eigenvalue weighted by Crippen LogP contribution is 2.21. The van der Waals surface area contributed by atoms with Crippen molar-refractivity contribution in [1.29, 1.82) is 0 Å². The lowest BCUT2D eigenvalue weighted by Gasteiger charge is -2.22. The van der Waals surface area contributed by atoms with E-state index in [2.05, 4.69) is 18.7 Å². The number of hydrogen-bond acceptors (Lipinski definition) is 2. The zero-order valence-corrected chi connectivity index (χ0v) is 11.3. The van der Waals surface area contributed by atoms with E-state index in [4.69, 9.17) is 5.11 Å². The minimum Gasteiger partial charge on any atom is -0.478 e. The number of para-hydroxylation sites is 1. The molecule has 0 saturated carbocycles. The van der Waals surface area contributed by atoms with Gasteiger partial charge >= 0.3 is 5.97 Å². The Morgan fingerprint density at radius 3 is 2.67 bits per heavy atom. The van der Waals surface area contributed by atoms with Crippen molar-refractivity contribution in [3.63, 3.8) is 0 Å². The maximum Gasteiger partial charge on any atom is 0.328 e. The molecule has 3 heteroatoms. The van der Waals surface area contributed by atoms with E-state index in [1.165, 1.54) is 6.08 Å². The summed E-state index contributed by atoms with van der Waals surface area (Å²) in [6.45, 7) is 5.36. The van der Waals surface area contributed by atoms with Gasteiger partial charge < -0.3 is 10.0 Å². The average molecular weight is 247 g/mol. The van der Waals surface area contributed by atoms with Gasteiger partial charge in [-0.15, -0.1) is 0 Å². The van der Waals surface area contributed by atoms with E-state index in [1.54, 1.807) is 6.08 Å². The first-order valence-corrected chi connectivity index (χ1v) is 6.22. The van der Waals surface area contributed by atoms with Crippen LogP contribution in [0.4, 0.5) is 5.69 Å². The Hall–Kier alpha value is -1.77.